The molecule has 0 radical (unpaired) electrons. The molecular formula is C15H19ClN4O. The topological polar surface area (TPSA) is 69.8 Å². The molecule has 0 saturated carbocycles. The molecule has 0 spiro atoms. The van der Waals surface area contributed by atoms with Gasteiger partial charge < -0.3 is 10.6 Å². The fraction of sp³-hybridized carbons (Fsp3) is 0.333. The van der Waals surface area contributed by atoms with Gasteiger partial charge >= 0.3 is 0 Å². The summed E-state index contributed by atoms with van der Waals surface area (Å²) in [6.45, 7) is 4.38. The molecule has 1 aromatic heterocycles. The number of amides is 1. The summed E-state index contributed by atoms with van der Waals surface area (Å²) in [7, 11) is 0. The number of carbonyl (C=O) groups excluding carboxylic acids is 1. The maximum absolute atomic E-state index is 12.2. The Hall–Kier alpha value is -1.85. The Bertz CT molecular complexity index is 597. The molecule has 0 saturated heterocycles. The number of aromatic nitrogens is 2. The molecule has 3 N–H and O–H groups in total. The third-order valence-corrected chi connectivity index (χ3v) is 3.37. The minimum Gasteiger partial charge on any atom is -0.351 e. The molecule has 1 aromatic carbocycles. The van der Waals surface area contributed by atoms with Crippen molar-refractivity contribution in [1.29, 1.82) is 0 Å². The number of benzene rings is 1. The minimum absolute atomic E-state index is 0.156. The molecule has 0 atom stereocenters. The monoisotopic (exact) mass is 306 g/mol. The standard InChI is InChI=1S/C15H19ClN4O/c1-2-7-17-8-9-18-15(21)12-10-19-20-14(12)11-5-3-4-6-13(11)16/h3-6,10,17H,2,7-9H2,1H3,(H,18,21)(H,19,20). The van der Waals surface area contributed by atoms with Gasteiger partial charge in [-0.15, -0.1) is 0 Å². The van der Waals surface area contributed by atoms with Crippen molar-refractivity contribution < 1.29 is 4.79 Å². The van der Waals surface area contributed by atoms with E-state index in [1.807, 2.05) is 18.2 Å². The van der Waals surface area contributed by atoms with Crippen LogP contribution in [0.2, 0.25) is 5.02 Å². The van der Waals surface area contributed by atoms with Gasteiger partial charge in [0.25, 0.3) is 5.91 Å². The third-order valence-electron chi connectivity index (χ3n) is 3.04. The summed E-state index contributed by atoms with van der Waals surface area (Å²) >= 11 is 6.16. The van der Waals surface area contributed by atoms with Crippen molar-refractivity contribution in [1.82, 2.24) is 20.8 Å². The van der Waals surface area contributed by atoms with Crippen molar-refractivity contribution >= 4 is 17.5 Å². The maximum Gasteiger partial charge on any atom is 0.255 e. The lowest BCUT2D eigenvalue weighted by atomic mass is 10.1. The van der Waals surface area contributed by atoms with Crippen molar-refractivity contribution in [2.75, 3.05) is 19.6 Å². The van der Waals surface area contributed by atoms with Gasteiger partial charge in [-0.2, -0.15) is 5.10 Å². The molecule has 1 amide bonds. The van der Waals surface area contributed by atoms with Crippen LogP contribution in [0.15, 0.2) is 30.5 Å². The first-order chi connectivity index (χ1) is 10.2. The Morgan fingerprint density at radius 1 is 1.29 bits per heavy atom. The van der Waals surface area contributed by atoms with Crippen LogP contribution in [0.1, 0.15) is 23.7 Å². The highest BCUT2D eigenvalue weighted by atomic mass is 35.5. The molecule has 1 heterocycles. The molecule has 2 rings (SSSR count). The van der Waals surface area contributed by atoms with E-state index >= 15 is 0 Å². The van der Waals surface area contributed by atoms with Crippen LogP contribution in [-0.2, 0) is 0 Å². The molecule has 0 aliphatic rings. The second-order valence-electron chi connectivity index (χ2n) is 4.64. The lowest BCUT2D eigenvalue weighted by Crippen LogP contribution is -2.32. The van der Waals surface area contributed by atoms with E-state index in [1.165, 1.54) is 6.20 Å². The number of halogens is 1. The van der Waals surface area contributed by atoms with Gasteiger partial charge in [-0.25, -0.2) is 0 Å². The number of hydrogen-bond donors (Lipinski definition) is 3. The predicted octanol–water partition coefficient (Wildman–Crippen LogP) is 2.46. The van der Waals surface area contributed by atoms with Gasteiger partial charge in [-0.05, 0) is 19.0 Å². The summed E-state index contributed by atoms with van der Waals surface area (Å²) in [5.41, 5.74) is 1.91. The molecule has 2 aromatic rings. The van der Waals surface area contributed by atoms with Crippen LogP contribution in [0.25, 0.3) is 11.3 Å². The highest BCUT2D eigenvalue weighted by Gasteiger charge is 2.16. The SMILES string of the molecule is CCCNCCNC(=O)c1cn[nH]c1-c1ccccc1Cl. The molecule has 5 nitrogen and oxygen atoms in total. The molecule has 0 fully saturated rings. The molecular weight excluding hydrogens is 288 g/mol. The Labute approximate surface area is 129 Å². The van der Waals surface area contributed by atoms with Crippen LogP contribution in [0, 0.1) is 0 Å². The van der Waals surface area contributed by atoms with E-state index in [1.54, 1.807) is 6.07 Å². The van der Waals surface area contributed by atoms with Crippen molar-refractivity contribution in [3.8, 4) is 11.3 Å². The number of rotatable bonds is 7. The highest BCUT2D eigenvalue weighted by molar-refractivity contribution is 6.33. The number of carbonyl (C=O) groups is 1. The Morgan fingerprint density at radius 2 is 2.10 bits per heavy atom. The Kier molecular flexibility index (Phi) is 5.78. The number of nitrogens with zero attached hydrogens (tertiary/aromatic N) is 1. The van der Waals surface area contributed by atoms with E-state index in [0.717, 1.165) is 25.1 Å². The summed E-state index contributed by atoms with van der Waals surface area (Å²) in [6, 6.07) is 7.36. The number of aromatic amines is 1. The number of hydrogen-bond acceptors (Lipinski definition) is 3. The molecule has 6 heteroatoms. The van der Waals surface area contributed by atoms with Crippen LogP contribution in [0.4, 0.5) is 0 Å². The van der Waals surface area contributed by atoms with E-state index < -0.39 is 0 Å². The van der Waals surface area contributed by atoms with Gasteiger partial charge in [0.1, 0.15) is 0 Å². The van der Waals surface area contributed by atoms with Crippen molar-refractivity contribution in [2.45, 2.75) is 13.3 Å². The molecule has 21 heavy (non-hydrogen) atoms. The summed E-state index contributed by atoms with van der Waals surface area (Å²) in [5.74, 6) is -0.156. The van der Waals surface area contributed by atoms with Crippen LogP contribution >= 0.6 is 11.6 Å². The normalized spacial score (nSPS) is 10.6. The molecule has 0 bridgehead atoms. The average molecular weight is 307 g/mol. The molecule has 0 aliphatic carbocycles. The van der Waals surface area contributed by atoms with E-state index in [9.17, 15) is 4.79 Å². The van der Waals surface area contributed by atoms with Crippen LogP contribution in [0.3, 0.4) is 0 Å². The Morgan fingerprint density at radius 3 is 2.86 bits per heavy atom. The van der Waals surface area contributed by atoms with Gasteiger partial charge in [-0.3, -0.25) is 9.89 Å². The third kappa shape index (κ3) is 4.06. The number of H-pyrrole nitrogens is 1. The first-order valence-corrected chi connectivity index (χ1v) is 7.39. The van der Waals surface area contributed by atoms with E-state index in [-0.39, 0.29) is 5.91 Å². The maximum atomic E-state index is 12.2. The van der Waals surface area contributed by atoms with Crippen LogP contribution < -0.4 is 10.6 Å². The predicted molar refractivity (Wildman–Crippen MR) is 84.5 cm³/mol. The quantitative estimate of drug-likeness (QED) is 0.688. The zero-order chi connectivity index (χ0) is 15.1. The smallest absolute Gasteiger partial charge is 0.255 e. The van der Waals surface area contributed by atoms with E-state index in [4.69, 9.17) is 11.6 Å². The molecule has 112 valence electrons. The zero-order valence-electron chi connectivity index (χ0n) is 11.9. The molecule has 0 unspecified atom stereocenters. The van der Waals surface area contributed by atoms with Crippen molar-refractivity contribution in [3.05, 3.63) is 41.0 Å². The van der Waals surface area contributed by atoms with Crippen LogP contribution in [-0.4, -0.2) is 35.7 Å². The first kappa shape index (κ1) is 15.5. The fourth-order valence-corrected chi connectivity index (χ4v) is 2.22. The summed E-state index contributed by atoms with van der Waals surface area (Å²) in [6.07, 6.45) is 2.60. The summed E-state index contributed by atoms with van der Waals surface area (Å²) < 4.78 is 0. The van der Waals surface area contributed by atoms with E-state index in [0.29, 0.717) is 22.8 Å². The van der Waals surface area contributed by atoms with Gasteiger partial charge in [0, 0.05) is 23.7 Å². The van der Waals surface area contributed by atoms with Gasteiger partial charge in [-0.1, -0.05) is 36.7 Å². The van der Waals surface area contributed by atoms with Gasteiger partial charge in [0.05, 0.1) is 17.5 Å². The average Bonchev–Trinajstić information content (AvgIpc) is 2.96. The second-order valence-corrected chi connectivity index (χ2v) is 5.05. The molecule has 0 aliphatic heterocycles. The van der Waals surface area contributed by atoms with Crippen molar-refractivity contribution in [2.24, 2.45) is 0 Å². The van der Waals surface area contributed by atoms with Crippen molar-refractivity contribution in [3.63, 3.8) is 0 Å². The van der Waals surface area contributed by atoms with Crippen LogP contribution in [0.5, 0.6) is 0 Å². The van der Waals surface area contributed by atoms with E-state index in [2.05, 4.69) is 27.8 Å². The highest BCUT2D eigenvalue weighted by Crippen LogP contribution is 2.28. The zero-order valence-corrected chi connectivity index (χ0v) is 12.7. The van der Waals surface area contributed by atoms with Gasteiger partial charge in [0.15, 0.2) is 0 Å². The largest absolute Gasteiger partial charge is 0.351 e. The second kappa shape index (κ2) is 7.81. The van der Waals surface area contributed by atoms with Gasteiger partial charge in [0.2, 0.25) is 0 Å². The first-order valence-electron chi connectivity index (χ1n) is 7.01. The number of nitrogens with one attached hydrogen (secondary N) is 3. The fourth-order valence-electron chi connectivity index (χ4n) is 1.99. The Balaban J connectivity index is 2.03. The lowest BCUT2D eigenvalue weighted by molar-refractivity contribution is 0.0954. The summed E-state index contributed by atoms with van der Waals surface area (Å²) in [5, 5.41) is 13.5. The minimum atomic E-state index is -0.156. The summed E-state index contributed by atoms with van der Waals surface area (Å²) in [4.78, 5) is 12.2. The lowest BCUT2D eigenvalue weighted by Gasteiger charge is -2.07.